The highest BCUT2D eigenvalue weighted by Gasteiger charge is 2.16. The number of halogens is 3. The van der Waals surface area contributed by atoms with Gasteiger partial charge in [-0.3, -0.25) is 9.48 Å². The molecule has 0 spiro atoms. The number of amides is 1. The number of hydrogen-bond donors (Lipinski definition) is 1. The molecule has 0 aliphatic carbocycles. The average Bonchev–Trinajstić information content (AvgIpc) is 3.41. The lowest BCUT2D eigenvalue weighted by Gasteiger charge is -2.08. The second-order valence-corrected chi connectivity index (χ2v) is 9.69. The summed E-state index contributed by atoms with van der Waals surface area (Å²) < 4.78 is 13.7. The molecular formula is C25H22BrCl2N3O3. The van der Waals surface area contributed by atoms with Crippen molar-refractivity contribution in [1.82, 2.24) is 9.78 Å². The molecule has 34 heavy (non-hydrogen) atoms. The van der Waals surface area contributed by atoms with E-state index < -0.39 is 5.91 Å². The minimum absolute atomic E-state index is 0.163. The Balaban J connectivity index is 1.36. The summed E-state index contributed by atoms with van der Waals surface area (Å²) in [6.45, 7) is 4.92. The molecule has 2 aromatic heterocycles. The molecule has 0 saturated heterocycles. The molecule has 0 radical (unpaired) electrons. The normalized spacial score (nSPS) is 11.1. The molecular weight excluding hydrogens is 541 g/mol. The number of aromatic nitrogens is 2. The SMILES string of the molecule is CC(C)c1ccc(OCc2ccc(C(=O)Nc3nn(Cc4ccc(Cl)cc4Cl)cc3Br)o2)cc1. The van der Waals surface area contributed by atoms with Crippen LogP contribution >= 0.6 is 39.1 Å². The van der Waals surface area contributed by atoms with E-state index in [1.807, 2.05) is 30.3 Å². The van der Waals surface area contributed by atoms with Crippen LogP contribution < -0.4 is 10.1 Å². The molecule has 9 heteroatoms. The van der Waals surface area contributed by atoms with Crippen LogP contribution in [-0.4, -0.2) is 15.7 Å². The van der Waals surface area contributed by atoms with Gasteiger partial charge in [0.2, 0.25) is 0 Å². The molecule has 0 atom stereocenters. The Morgan fingerprint density at radius 1 is 1.15 bits per heavy atom. The summed E-state index contributed by atoms with van der Waals surface area (Å²) in [6.07, 6.45) is 1.76. The fourth-order valence-corrected chi connectivity index (χ4v) is 4.12. The van der Waals surface area contributed by atoms with Crippen molar-refractivity contribution >= 4 is 50.9 Å². The van der Waals surface area contributed by atoms with E-state index in [2.05, 4.69) is 40.2 Å². The second-order valence-electron chi connectivity index (χ2n) is 7.99. The summed E-state index contributed by atoms with van der Waals surface area (Å²) in [7, 11) is 0. The topological polar surface area (TPSA) is 69.3 Å². The lowest BCUT2D eigenvalue weighted by Crippen LogP contribution is -2.12. The Bertz CT molecular complexity index is 1300. The zero-order chi connectivity index (χ0) is 24.2. The molecule has 1 N–H and O–H groups in total. The third-order valence-corrected chi connectivity index (χ3v) is 6.28. The van der Waals surface area contributed by atoms with Crippen molar-refractivity contribution in [2.75, 3.05) is 5.32 Å². The number of anilines is 1. The van der Waals surface area contributed by atoms with Crippen LogP contribution in [0.2, 0.25) is 10.0 Å². The van der Waals surface area contributed by atoms with E-state index in [9.17, 15) is 4.79 Å². The van der Waals surface area contributed by atoms with Gasteiger partial charge >= 0.3 is 0 Å². The molecule has 1 amide bonds. The lowest BCUT2D eigenvalue weighted by molar-refractivity contribution is 0.0992. The minimum Gasteiger partial charge on any atom is -0.486 e. The second kappa shape index (κ2) is 10.7. The van der Waals surface area contributed by atoms with Crippen molar-refractivity contribution in [3.8, 4) is 5.75 Å². The van der Waals surface area contributed by atoms with Crippen molar-refractivity contribution in [3.05, 3.63) is 98.0 Å². The van der Waals surface area contributed by atoms with Gasteiger partial charge in [0, 0.05) is 16.2 Å². The number of nitrogens with zero attached hydrogens (tertiary/aromatic N) is 2. The van der Waals surface area contributed by atoms with Gasteiger partial charge in [-0.15, -0.1) is 0 Å². The number of carbonyl (C=O) groups excluding carboxylic acids is 1. The summed E-state index contributed by atoms with van der Waals surface area (Å²) in [6, 6.07) is 16.5. The van der Waals surface area contributed by atoms with Crippen LogP contribution in [0.25, 0.3) is 0 Å². The zero-order valence-electron chi connectivity index (χ0n) is 18.5. The maximum atomic E-state index is 12.7. The van der Waals surface area contributed by atoms with E-state index >= 15 is 0 Å². The van der Waals surface area contributed by atoms with Crippen molar-refractivity contribution in [3.63, 3.8) is 0 Å². The van der Waals surface area contributed by atoms with E-state index in [1.54, 1.807) is 35.1 Å². The molecule has 0 unspecified atom stereocenters. The number of carbonyl (C=O) groups is 1. The number of furan rings is 1. The van der Waals surface area contributed by atoms with Crippen LogP contribution in [0.4, 0.5) is 5.82 Å². The Morgan fingerprint density at radius 2 is 1.91 bits per heavy atom. The van der Waals surface area contributed by atoms with E-state index in [4.69, 9.17) is 32.4 Å². The fraction of sp³-hybridized carbons (Fsp3) is 0.200. The monoisotopic (exact) mass is 561 g/mol. The largest absolute Gasteiger partial charge is 0.486 e. The molecule has 6 nitrogen and oxygen atoms in total. The first-order chi connectivity index (χ1) is 16.3. The number of hydrogen-bond acceptors (Lipinski definition) is 4. The number of benzene rings is 2. The Morgan fingerprint density at radius 3 is 2.62 bits per heavy atom. The predicted molar refractivity (Wildman–Crippen MR) is 137 cm³/mol. The first-order valence-electron chi connectivity index (χ1n) is 10.6. The lowest BCUT2D eigenvalue weighted by atomic mass is 10.0. The van der Waals surface area contributed by atoms with Gasteiger partial charge in [-0.2, -0.15) is 5.10 Å². The molecule has 176 valence electrons. The van der Waals surface area contributed by atoms with Gasteiger partial charge in [0.05, 0.1) is 11.0 Å². The smallest absolute Gasteiger partial charge is 0.292 e. The fourth-order valence-electron chi connectivity index (χ4n) is 3.24. The van der Waals surface area contributed by atoms with E-state index in [0.29, 0.717) is 38.6 Å². The third kappa shape index (κ3) is 6.03. The van der Waals surface area contributed by atoms with Crippen LogP contribution in [-0.2, 0) is 13.2 Å². The van der Waals surface area contributed by atoms with Crippen LogP contribution in [0.15, 0.2) is 69.7 Å². The third-order valence-electron chi connectivity index (χ3n) is 5.11. The minimum atomic E-state index is -0.414. The molecule has 0 fully saturated rings. The maximum Gasteiger partial charge on any atom is 0.292 e. The summed E-state index contributed by atoms with van der Waals surface area (Å²) in [4.78, 5) is 12.7. The molecule has 0 saturated carbocycles. The first kappa shape index (κ1) is 24.4. The van der Waals surface area contributed by atoms with Crippen molar-refractivity contribution in [2.24, 2.45) is 0 Å². The predicted octanol–water partition coefficient (Wildman–Crippen LogP) is 7.55. The molecule has 2 aromatic carbocycles. The highest BCUT2D eigenvalue weighted by Crippen LogP contribution is 2.25. The van der Waals surface area contributed by atoms with Crippen molar-refractivity contribution in [2.45, 2.75) is 32.9 Å². The summed E-state index contributed by atoms with van der Waals surface area (Å²) in [5, 5.41) is 8.28. The molecule has 2 heterocycles. The number of ether oxygens (including phenoxy) is 1. The summed E-state index contributed by atoms with van der Waals surface area (Å²) >= 11 is 15.6. The zero-order valence-corrected chi connectivity index (χ0v) is 21.6. The van der Waals surface area contributed by atoms with Gasteiger partial charge in [-0.25, -0.2) is 0 Å². The van der Waals surface area contributed by atoms with Crippen molar-refractivity contribution < 1.29 is 13.9 Å². The van der Waals surface area contributed by atoms with Crippen LogP contribution in [0.5, 0.6) is 5.75 Å². The van der Waals surface area contributed by atoms with E-state index in [0.717, 1.165) is 11.3 Å². The van der Waals surface area contributed by atoms with E-state index in [-0.39, 0.29) is 12.4 Å². The molecule has 0 bridgehead atoms. The van der Waals surface area contributed by atoms with Gasteiger partial charge in [0.25, 0.3) is 5.91 Å². The molecule has 4 aromatic rings. The van der Waals surface area contributed by atoms with Crippen LogP contribution in [0.3, 0.4) is 0 Å². The van der Waals surface area contributed by atoms with Gasteiger partial charge in [-0.05, 0) is 69.4 Å². The van der Waals surface area contributed by atoms with Gasteiger partial charge in [0.15, 0.2) is 11.6 Å². The van der Waals surface area contributed by atoms with Gasteiger partial charge in [0.1, 0.15) is 18.1 Å². The maximum absolute atomic E-state index is 12.7. The summed E-state index contributed by atoms with van der Waals surface area (Å²) in [5.74, 6) is 1.86. The standard InChI is InChI=1S/C25H22BrCl2N3O3/c1-15(2)16-4-7-19(8-5-16)33-14-20-9-10-23(34-20)25(32)29-24-21(26)13-31(30-24)12-17-3-6-18(27)11-22(17)28/h3-11,13,15H,12,14H2,1-2H3,(H,29,30,32). The molecule has 0 aliphatic heterocycles. The number of nitrogens with one attached hydrogen (secondary N) is 1. The first-order valence-corrected chi connectivity index (χ1v) is 12.1. The Kier molecular flexibility index (Phi) is 7.66. The Hall–Kier alpha value is -2.74. The van der Waals surface area contributed by atoms with Gasteiger partial charge < -0.3 is 14.5 Å². The average molecular weight is 563 g/mol. The molecule has 0 aliphatic rings. The Labute approximate surface area is 215 Å². The highest BCUT2D eigenvalue weighted by atomic mass is 79.9. The summed E-state index contributed by atoms with van der Waals surface area (Å²) in [5.41, 5.74) is 2.10. The van der Waals surface area contributed by atoms with Crippen molar-refractivity contribution in [1.29, 1.82) is 0 Å². The van der Waals surface area contributed by atoms with Gasteiger partial charge in [-0.1, -0.05) is 55.2 Å². The van der Waals surface area contributed by atoms with Crippen LogP contribution in [0.1, 0.15) is 47.2 Å². The van der Waals surface area contributed by atoms with Crippen LogP contribution in [0, 0.1) is 0 Å². The highest BCUT2D eigenvalue weighted by molar-refractivity contribution is 9.10. The number of rotatable bonds is 8. The molecule has 4 rings (SSSR count). The van der Waals surface area contributed by atoms with E-state index in [1.165, 1.54) is 5.56 Å². The quantitative estimate of drug-likeness (QED) is 0.241.